The number of amides is 1. The lowest BCUT2D eigenvalue weighted by molar-refractivity contribution is 0.0935. The zero-order valence-corrected chi connectivity index (χ0v) is 20.4. The average Bonchev–Trinajstić information content (AvgIpc) is 2.81. The molecule has 0 radical (unpaired) electrons. The van der Waals surface area contributed by atoms with Gasteiger partial charge in [-0.1, -0.05) is 42.8 Å². The summed E-state index contributed by atoms with van der Waals surface area (Å²) < 4.78 is 31.3. The van der Waals surface area contributed by atoms with Crippen molar-refractivity contribution in [1.82, 2.24) is 5.32 Å². The predicted octanol–water partition coefficient (Wildman–Crippen LogP) is 5.20. The highest BCUT2D eigenvalue weighted by Crippen LogP contribution is 2.24. The summed E-state index contributed by atoms with van der Waals surface area (Å²) in [7, 11) is -1.93. The van der Waals surface area contributed by atoms with Gasteiger partial charge >= 0.3 is 0 Å². The minimum absolute atomic E-state index is 0.152. The minimum atomic E-state index is -3.53. The number of benzene rings is 3. The van der Waals surface area contributed by atoms with Crippen molar-refractivity contribution in [3.8, 4) is 5.75 Å². The lowest BCUT2D eigenvalue weighted by Gasteiger charge is -2.23. The Bertz CT molecular complexity index is 1180. The van der Waals surface area contributed by atoms with Crippen LogP contribution < -0.4 is 14.4 Å². The second kappa shape index (κ2) is 10.7. The molecule has 3 aromatic carbocycles. The number of methoxy groups -OCH3 is 1. The number of ether oxygens (including phenoxy) is 1. The molecule has 6 nitrogen and oxygen atoms in total. The second-order valence-electron chi connectivity index (χ2n) is 7.65. The highest BCUT2D eigenvalue weighted by atomic mass is 35.5. The molecule has 3 rings (SSSR count). The molecule has 0 bridgehead atoms. The van der Waals surface area contributed by atoms with Gasteiger partial charge in [0.2, 0.25) is 10.0 Å². The first-order chi connectivity index (χ1) is 15.7. The smallest absolute Gasteiger partial charge is 0.251 e. The molecule has 1 N–H and O–H groups in total. The predicted molar refractivity (Wildman–Crippen MR) is 132 cm³/mol. The Morgan fingerprint density at radius 2 is 1.61 bits per heavy atom. The van der Waals surface area contributed by atoms with Gasteiger partial charge in [0.05, 0.1) is 31.6 Å². The molecule has 0 heterocycles. The summed E-state index contributed by atoms with van der Waals surface area (Å²) in [6, 6.07) is 21.0. The molecule has 0 unspecified atom stereocenters. The summed E-state index contributed by atoms with van der Waals surface area (Å²) in [5.74, 6) is 0.525. The van der Waals surface area contributed by atoms with Crippen LogP contribution in [0.5, 0.6) is 5.75 Å². The molecule has 8 heteroatoms. The number of hydrogen-bond donors (Lipinski definition) is 1. The molecule has 0 saturated heterocycles. The molecule has 0 aliphatic carbocycles. The van der Waals surface area contributed by atoms with Gasteiger partial charge in [-0.25, -0.2) is 8.42 Å². The third-order valence-corrected chi connectivity index (χ3v) is 6.68. The van der Waals surface area contributed by atoms with Gasteiger partial charge in [0.15, 0.2) is 0 Å². The van der Waals surface area contributed by atoms with Crippen molar-refractivity contribution in [2.24, 2.45) is 0 Å². The number of nitrogens with zero attached hydrogens (tertiary/aromatic N) is 1. The van der Waals surface area contributed by atoms with Gasteiger partial charge in [0.1, 0.15) is 5.75 Å². The lowest BCUT2D eigenvalue weighted by Crippen LogP contribution is -2.30. The zero-order valence-electron chi connectivity index (χ0n) is 18.8. The van der Waals surface area contributed by atoms with E-state index in [4.69, 9.17) is 16.3 Å². The number of halogens is 1. The van der Waals surface area contributed by atoms with E-state index in [0.717, 1.165) is 29.6 Å². The summed E-state index contributed by atoms with van der Waals surface area (Å²) in [5.41, 5.74) is 2.71. The maximum absolute atomic E-state index is 12.8. The molecule has 0 saturated carbocycles. The number of hydrogen-bond acceptors (Lipinski definition) is 4. The summed E-state index contributed by atoms with van der Waals surface area (Å²) >= 11 is 5.93. The van der Waals surface area contributed by atoms with Gasteiger partial charge in [-0.05, 0) is 66.1 Å². The van der Waals surface area contributed by atoms with Crippen molar-refractivity contribution in [3.05, 3.63) is 94.5 Å². The molecular weight excluding hydrogens is 460 g/mol. The van der Waals surface area contributed by atoms with E-state index in [9.17, 15) is 13.2 Å². The van der Waals surface area contributed by atoms with E-state index in [2.05, 4.69) is 5.32 Å². The number of rotatable bonds is 9. The number of sulfonamides is 1. The minimum Gasteiger partial charge on any atom is -0.497 e. The molecule has 0 aliphatic heterocycles. The normalized spacial score (nSPS) is 12.1. The third-order valence-electron chi connectivity index (χ3n) is 5.29. The largest absolute Gasteiger partial charge is 0.497 e. The highest BCUT2D eigenvalue weighted by molar-refractivity contribution is 7.92. The molecule has 1 atom stereocenters. The first-order valence-electron chi connectivity index (χ1n) is 10.5. The fourth-order valence-corrected chi connectivity index (χ4v) is 4.45. The molecule has 174 valence electrons. The number of carbonyl (C=O) groups excluding carboxylic acids is 1. The number of anilines is 1. The topological polar surface area (TPSA) is 75.7 Å². The van der Waals surface area contributed by atoms with E-state index >= 15 is 0 Å². The van der Waals surface area contributed by atoms with E-state index in [1.54, 1.807) is 55.6 Å². The van der Waals surface area contributed by atoms with E-state index in [0.29, 0.717) is 16.3 Å². The van der Waals surface area contributed by atoms with Gasteiger partial charge in [-0.2, -0.15) is 0 Å². The number of carbonyl (C=O) groups is 1. The van der Waals surface area contributed by atoms with Crippen LogP contribution in [0.4, 0.5) is 5.69 Å². The lowest BCUT2D eigenvalue weighted by atomic mass is 10.0. The van der Waals surface area contributed by atoms with Crippen LogP contribution in [0.15, 0.2) is 72.8 Å². The highest BCUT2D eigenvalue weighted by Gasteiger charge is 2.19. The summed E-state index contributed by atoms with van der Waals surface area (Å²) in [6.07, 6.45) is 1.88. The van der Waals surface area contributed by atoms with Crippen molar-refractivity contribution in [3.63, 3.8) is 0 Å². The average molecular weight is 487 g/mol. The van der Waals surface area contributed by atoms with Gasteiger partial charge < -0.3 is 10.1 Å². The van der Waals surface area contributed by atoms with Gasteiger partial charge in [-0.3, -0.25) is 9.10 Å². The van der Waals surface area contributed by atoms with Crippen LogP contribution in [-0.4, -0.2) is 27.7 Å². The SMILES string of the molecule is CC[C@H](NC(=O)c1ccc(N(Cc2ccc(Cl)cc2)S(C)(=O)=O)cc1)c1ccc(OC)cc1. The fraction of sp³-hybridized carbons (Fsp3) is 0.240. The Labute approximate surface area is 200 Å². The van der Waals surface area contributed by atoms with Crippen LogP contribution in [0.1, 0.15) is 40.9 Å². The molecule has 1 amide bonds. The molecule has 0 spiro atoms. The van der Waals surface area contributed by atoms with Crippen LogP contribution in [0.2, 0.25) is 5.02 Å². The fourth-order valence-electron chi connectivity index (χ4n) is 3.43. The van der Waals surface area contributed by atoms with Crippen molar-refractivity contribution in [2.75, 3.05) is 17.7 Å². The summed E-state index contributed by atoms with van der Waals surface area (Å²) in [5, 5.41) is 3.62. The van der Waals surface area contributed by atoms with Gasteiger partial charge in [-0.15, -0.1) is 0 Å². The third kappa shape index (κ3) is 6.49. The van der Waals surface area contributed by atoms with Crippen LogP contribution in [-0.2, 0) is 16.6 Å². The molecule has 0 fully saturated rings. The maximum Gasteiger partial charge on any atom is 0.251 e. The Kier molecular flexibility index (Phi) is 8.00. The standard InChI is InChI=1S/C25H27ClN2O4S/c1-4-24(19-9-15-23(32-2)16-10-19)27-25(29)20-7-13-22(14-8-20)28(33(3,30)31)17-18-5-11-21(26)12-6-18/h5-16,24H,4,17H2,1-3H3,(H,27,29)/t24-/m0/s1. The van der Waals surface area contributed by atoms with E-state index < -0.39 is 10.0 Å². The molecule has 3 aromatic rings. The Hall–Kier alpha value is -3.03. The Morgan fingerprint density at radius 3 is 2.12 bits per heavy atom. The van der Waals surface area contributed by atoms with Gasteiger partial charge in [0, 0.05) is 10.6 Å². The Morgan fingerprint density at radius 1 is 1.00 bits per heavy atom. The second-order valence-corrected chi connectivity index (χ2v) is 9.99. The van der Waals surface area contributed by atoms with Gasteiger partial charge in [0.25, 0.3) is 5.91 Å². The molecule has 0 aromatic heterocycles. The molecular formula is C25H27ClN2O4S. The van der Waals surface area contributed by atoms with E-state index in [1.807, 2.05) is 31.2 Å². The summed E-state index contributed by atoms with van der Waals surface area (Å²) in [6.45, 7) is 2.16. The van der Waals surface area contributed by atoms with Crippen molar-refractivity contribution >= 4 is 33.2 Å². The maximum atomic E-state index is 12.8. The summed E-state index contributed by atoms with van der Waals surface area (Å²) in [4.78, 5) is 12.8. The van der Waals surface area contributed by atoms with E-state index in [-0.39, 0.29) is 18.5 Å². The van der Waals surface area contributed by atoms with Crippen LogP contribution in [0.25, 0.3) is 0 Å². The van der Waals surface area contributed by atoms with Crippen molar-refractivity contribution in [2.45, 2.75) is 25.9 Å². The first-order valence-corrected chi connectivity index (χ1v) is 12.7. The molecule has 33 heavy (non-hydrogen) atoms. The monoisotopic (exact) mass is 486 g/mol. The van der Waals surface area contributed by atoms with Crippen LogP contribution in [0.3, 0.4) is 0 Å². The van der Waals surface area contributed by atoms with E-state index in [1.165, 1.54) is 4.31 Å². The first kappa shape index (κ1) is 24.6. The molecule has 0 aliphatic rings. The van der Waals surface area contributed by atoms with Crippen LogP contribution >= 0.6 is 11.6 Å². The van der Waals surface area contributed by atoms with Crippen molar-refractivity contribution < 1.29 is 17.9 Å². The number of nitrogens with one attached hydrogen (secondary N) is 1. The Balaban J connectivity index is 1.76. The zero-order chi connectivity index (χ0) is 24.0. The van der Waals surface area contributed by atoms with Crippen molar-refractivity contribution in [1.29, 1.82) is 0 Å². The quantitative estimate of drug-likeness (QED) is 0.451. The van der Waals surface area contributed by atoms with Crippen LogP contribution in [0, 0.1) is 0 Å².